The number of halogens is 5. The number of anilines is 4. The normalized spacial score (nSPS) is 15.9. The molecule has 16 nitrogen and oxygen atoms in total. The van der Waals surface area contributed by atoms with Crippen LogP contribution in [0.3, 0.4) is 0 Å². The Morgan fingerprint density at radius 3 is 2.00 bits per heavy atom. The molecule has 0 saturated carbocycles. The predicted octanol–water partition coefficient (Wildman–Crippen LogP) is 10.9. The average molecular weight is 1210 g/mol. The third-order valence-electron chi connectivity index (χ3n) is 13.7. The molecule has 1 aromatic heterocycles. The Kier molecular flexibility index (Phi) is 18.3. The smallest absolute Gasteiger partial charge is 0.380 e. The van der Waals surface area contributed by atoms with Crippen molar-refractivity contribution in [1.29, 1.82) is 0 Å². The van der Waals surface area contributed by atoms with Crippen molar-refractivity contribution in [2.24, 2.45) is 0 Å². The molecular formula is C53H60ClF4N6O10PS4. The van der Waals surface area contributed by atoms with Crippen LogP contribution in [0.25, 0.3) is 22.4 Å². The van der Waals surface area contributed by atoms with Gasteiger partial charge in [-0.25, -0.2) is 34.2 Å². The number of nitrogens with zero attached hydrogens (tertiary/aromatic N) is 4. The van der Waals surface area contributed by atoms with Gasteiger partial charge in [0.1, 0.15) is 10.7 Å². The van der Waals surface area contributed by atoms with E-state index < -0.39 is 76.5 Å². The molecule has 8 rings (SSSR count). The van der Waals surface area contributed by atoms with Crippen LogP contribution in [-0.4, -0.2) is 120 Å². The van der Waals surface area contributed by atoms with E-state index in [0.29, 0.717) is 116 Å². The summed E-state index contributed by atoms with van der Waals surface area (Å²) >= 11 is 7.62. The number of benzene rings is 5. The van der Waals surface area contributed by atoms with E-state index in [1.54, 1.807) is 49.4 Å². The summed E-state index contributed by atoms with van der Waals surface area (Å²) < 4.78 is 161. The quantitative estimate of drug-likeness (QED) is 0.0319. The number of rotatable bonds is 20. The third kappa shape index (κ3) is 14.5. The number of aromatic nitrogens is 1. The molecule has 26 heteroatoms. The van der Waals surface area contributed by atoms with E-state index in [4.69, 9.17) is 16.1 Å². The third-order valence-corrected chi connectivity index (χ3v) is 19.9. The zero-order valence-corrected chi connectivity index (χ0v) is 48.3. The summed E-state index contributed by atoms with van der Waals surface area (Å²) in [6.07, 6.45) is 1.43. The molecule has 0 radical (unpaired) electrons. The second kappa shape index (κ2) is 24.1. The van der Waals surface area contributed by atoms with Crippen molar-refractivity contribution < 1.29 is 61.7 Å². The minimum absolute atomic E-state index is 0.0420. The summed E-state index contributed by atoms with van der Waals surface area (Å²) in [5.74, 6) is -0.291. The Hall–Kier alpha value is -5.14. The van der Waals surface area contributed by atoms with Gasteiger partial charge in [0.2, 0.25) is 0 Å². The van der Waals surface area contributed by atoms with Gasteiger partial charge >= 0.3 is 13.3 Å². The van der Waals surface area contributed by atoms with E-state index in [-0.39, 0.29) is 22.4 Å². The maximum atomic E-state index is 15.8. The lowest BCUT2D eigenvalue weighted by Gasteiger charge is -2.37. The van der Waals surface area contributed by atoms with E-state index >= 15 is 4.39 Å². The highest BCUT2D eigenvalue weighted by Crippen LogP contribution is 2.45. The van der Waals surface area contributed by atoms with E-state index in [2.05, 4.69) is 10.0 Å². The van der Waals surface area contributed by atoms with Gasteiger partial charge in [-0.2, -0.15) is 13.2 Å². The molecule has 6 aromatic rings. The summed E-state index contributed by atoms with van der Waals surface area (Å²) in [5, 5.41) is 3.47. The van der Waals surface area contributed by atoms with Gasteiger partial charge in [-0.15, -0.1) is 11.8 Å². The van der Waals surface area contributed by atoms with Crippen LogP contribution in [0.1, 0.15) is 44.8 Å². The molecule has 0 amide bonds. The van der Waals surface area contributed by atoms with Gasteiger partial charge in [-0.1, -0.05) is 41.9 Å². The topological polar surface area (TPSA) is 208 Å². The van der Waals surface area contributed by atoms with Gasteiger partial charge in [0, 0.05) is 108 Å². The van der Waals surface area contributed by atoms with Gasteiger partial charge in [0.15, 0.2) is 9.84 Å². The van der Waals surface area contributed by atoms with Crippen molar-refractivity contribution >= 4 is 83.6 Å². The summed E-state index contributed by atoms with van der Waals surface area (Å²) in [7, 11) is -19.3. The molecule has 4 N–H and O–H groups in total. The zero-order chi connectivity index (χ0) is 57.2. The van der Waals surface area contributed by atoms with Gasteiger partial charge in [-0.3, -0.25) is 9.25 Å². The molecule has 2 aliphatic heterocycles. The number of piperazine rings is 1. The van der Waals surface area contributed by atoms with Crippen LogP contribution in [0.5, 0.6) is 0 Å². The monoisotopic (exact) mass is 1210 g/mol. The van der Waals surface area contributed by atoms with Gasteiger partial charge in [-0.05, 0) is 136 Å². The molecule has 3 heterocycles. The molecule has 0 aliphatic carbocycles. The van der Waals surface area contributed by atoms with E-state index in [1.165, 1.54) is 36.0 Å². The second-order valence-electron chi connectivity index (χ2n) is 19.7. The zero-order valence-electron chi connectivity index (χ0n) is 43.4. The highest BCUT2D eigenvalue weighted by atomic mass is 35.5. The number of phosphoric acid groups is 1. The van der Waals surface area contributed by atoms with E-state index in [1.807, 2.05) is 63.4 Å². The van der Waals surface area contributed by atoms with Gasteiger partial charge < -0.3 is 34.4 Å². The molecule has 79 heavy (non-hydrogen) atoms. The Labute approximate surface area is 467 Å². The maximum absolute atomic E-state index is 15.8. The minimum atomic E-state index is -6.12. The van der Waals surface area contributed by atoms with Gasteiger partial charge in [0.25, 0.3) is 19.9 Å². The van der Waals surface area contributed by atoms with Crippen LogP contribution in [0.2, 0.25) is 5.02 Å². The summed E-state index contributed by atoms with van der Waals surface area (Å²) in [6.45, 7) is 8.58. The number of nitrogens with one attached hydrogen (secondary N) is 2. The Balaban J connectivity index is 0.976. The molecule has 2 aliphatic rings. The van der Waals surface area contributed by atoms with Crippen molar-refractivity contribution in [3.05, 3.63) is 132 Å². The summed E-state index contributed by atoms with van der Waals surface area (Å²) in [6, 6.07) is 28.6. The van der Waals surface area contributed by atoms with Crippen LogP contribution in [0.4, 0.5) is 40.3 Å². The lowest BCUT2D eigenvalue weighted by Crippen LogP contribution is -2.46. The number of hydrogen-bond acceptors (Lipinski definition) is 13. The molecule has 0 unspecified atom stereocenters. The Morgan fingerprint density at radius 2 is 1.42 bits per heavy atom. The van der Waals surface area contributed by atoms with Crippen LogP contribution in [0.15, 0.2) is 135 Å². The number of hydrogen-bond donors (Lipinski definition) is 4. The Morgan fingerprint density at radius 1 is 0.797 bits per heavy atom. The number of sulfone groups is 2. The first-order valence-corrected chi connectivity index (χ1v) is 32.8. The maximum Gasteiger partial charge on any atom is 0.501 e. The lowest BCUT2D eigenvalue weighted by molar-refractivity contribution is -0.0436. The largest absolute Gasteiger partial charge is 0.501 e. The van der Waals surface area contributed by atoms with Crippen LogP contribution < -0.4 is 19.8 Å². The number of phosphoric ester groups is 1. The number of likely N-dealkylation sites (tertiary alicyclic amines) is 1. The fourth-order valence-corrected chi connectivity index (χ4v) is 15.1. The van der Waals surface area contributed by atoms with Crippen molar-refractivity contribution in [2.75, 3.05) is 77.7 Å². The summed E-state index contributed by atoms with van der Waals surface area (Å²) in [5.41, 5.74) is -2.37. The molecular weight excluding hydrogens is 1150 g/mol. The molecule has 5 aromatic carbocycles. The fraction of sp³-hybridized carbons (Fsp3) is 0.358. The number of thioether (sulfide) groups is 1. The highest BCUT2D eigenvalue weighted by molar-refractivity contribution is 7.99. The molecule has 2 saturated heterocycles. The number of sulfonamides is 1. The molecule has 0 spiro atoms. The first-order valence-electron chi connectivity index (χ1n) is 25.1. The fourth-order valence-electron chi connectivity index (χ4n) is 10.1. The first kappa shape index (κ1) is 60.0. The summed E-state index contributed by atoms with van der Waals surface area (Å²) in [4.78, 5) is 23.4. The lowest BCUT2D eigenvalue weighted by atomic mass is 9.99. The highest BCUT2D eigenvalue weighted by Gasteiger charge is 2.48. The minimum Gasteiger partial charge on any atom is -0.380 e. The predicted molar refractivity (Wildman–Crippen MR) is 302 cm³/mol. The van der Waals surface area contributed by atoms with Crippen molar-refractivity contribution in [3.8, 4) is 22.4 Å². The number of alkyl halides is 3. The standard InChI is InChI=1S/C53H60ClF4N6O10PS4/c1-35(2)64-36(3)52(77(4,68)69)50(51(64)37-10-12-39(54)13-11-37)38-30-40(55)32-44(31-38)63-28-26-62(27-29-63)43-16-14-41(15-17-43)60-79(72,73)47-18-19-48(49(33-47)78(70,71)53(56,57)58)59-42(34-76-46-8-6-5-7-9-46)20-23-61-24-21-45(22-25-61)74-75(65,66)67/h5-19,30-33,35,42,45,59-60H,20-29,34H2,1-4H3,(H2,65,66,67)/t42-/m1/s1. The molecule has 0 bridgehead atoms. The van der Waals surface area contributed by atoms with E-state index in [9.17, 15) is 52.8 Å². The SMILES string of the molecule is Cc1c(S(C)(=O)=O)c(-c2cc(F)cc(N3CCN(c4ccc(NS(=O)(=O)c5ccc(N[C@H](CCN6CCC(OP(=O)(O)O)CC6)CSc6ccccc6)c(S(=O)(=O)C(F)(F)F)c5)cc4)CC3)c2)c(-c2ccc(Cl)cc2)n1C(C)C. The second-order valence-corrected chi connectivity index (χ2v) is 28.0. The van der Waals surface area contributed by atoms with Crippen molar-refractivity contribution in [2.45, 2.75) is 83.3 Å². The van der Waals surface area contributed by atoms with Crippen molar-refractivity contribution in [3.63, 3.8) is 0 Å². The van der Waals surface area contributed by atoms with E-state index in [0.717, 1.165) is 23.3 Å². The van der Waals surface area contributed by atoms with Crippen LogP contribution >= 0.6 is 31.2 Å². The van der Waals surface area contributed by atoms with Crippen molar-refractivity contribution in [1.82, 2.24) is 9.47 Å². The molecule has 426 valence electrons. The number of piperidine rings is 1. The average Bonchev–Trinajstić information content (AvgIpc) is 3.98. The van der Waals surface area contributed by atoms with Crippen LogP contribution in [0, 0.1) is 12.7 Å². The molecule has 1 atom stereocenters. The van der Waals surface area contributed by atoms with Crippen LogP contribution in [-0.2, 0) is 38.8 Å². The molecule has 2 fully saturated rings. The van der Waals surface area contributed by atoms with Gasteiger partial charge in [0.05, 0.1) is 27.3 Å². The first-order chi connectivity index (χ1) is 37.1. The Bertz CT molecular complexity index is 3540.